The summed E-state index contributed by atoms with van der Waals surface area (Å²) >= 11 is 1.28. The summed E-state index contributed by atoms with van der Waals surface area (Å²) in [4.78, 5) is 14.8. The summed E-state index contributed by atoms with van der Waals surface area (Å²) in [6.45, 7) is 9.73. The monoisotopic (exact) mass is 357 g/mol. The van der Waals surface area contributed by atoms with Crippen LogP contribution in [0.5, 0.6) is 0 Å². The Morgan fingerprint density at radius 3 is 2.52 bits per heavy atom. The number of carbonyl (C=O) groups excluding carboxylic acids is 1. The maximum atomic E-state index is 11.5. The second-order valence-electron chi connectivity index (χ2n) is 7.38. The molecule has 2 aromatic rings. The molecule has 1 fully saturated rings. The number of para-hydroxylation sites is 1. The van der Waals surface area contributed by atoms with E-state index in [1.165, 1.54) is 11.8 Å². The van der Waals surface area contributed by atoms with E-state index in [4.69, 9.17) is 9.31 Å². The highest BCUT2D eigenvalue weighted by atomic mass is 32.2. The fourth-order valence-corrected chi connectivity index (χ4v) is 3.38. The maximum absolute atomic E-state index is 11.5. The molecule has 0 saturated carbocycles. The van der Waals surface area contributed by atoms with Crippen LogP contribution in [0.3, 0.4) is 0 Å². The molecule has 0 bridgehead atoms. The van der Waals surface area contributed by atoms with E-state index in [2.05, 4.69) is 23.2 Å². The maximum Gasteiger partial charge on any atom is 0.491 e. The Bertz CT molecular complexity index is 809. The second-order valence-corrected chi connectivity index (χ2v) is 8.53. The number of carbonyl (C=O) groups is 1. The minimum atomic E-state index is -0.456. The highest BCUT2D eigenvalue weighted by molar-refractivity contribution is 8.13. The van der Waals surface area contributed by atoms with E-state index < -0.39 is 18.3 Å². The van der Waals surface area contributed by atoms with Crippen molar-refractivity contribution < 1.29 is 14.1 Å². The normalized spacial score (nSPS) is 19.6. The molecule has 4 nitrogen and oxygen atoms in total. The Morgan fingerprint density at radius 2 is 1.88 bits per heavy atom. The van der Waals surface area contributed by atoms with Crippen molar-refractivity contribution in [3.63, 3.8) is 0 Å². The van der Waals surface area contributed by atoms with E-state index in [-0.39, 0.29) is 5.12 Å². The van der Waals surface area contributed by atoms with E-state index in [1.807, 2.05) is 46.0 Å². The summed E-state index contributed by atoms with van der Waals surface area (Å²) in [6.07, 6.45) is 4.01. The van der Waals surface area contributed by atoms with Crippen molar-refractivity contribution in [2.24, 2.45) is 0 Å². The third kappa shape index (κ3) is 3.71. The van der Waals surface area contributed by atoms with E-state index >= 15 is 0 Å². The highest BCUT2D eigenvalue weighted by Gasteiger charge is 2.52. The van der Waals surface area contributed by atoms with E-state index in [9.17, 15) is 4.79 Å². The number of aromatic nitrogens is 1. The molecule has 1 aromatic carbocycles. The lowest BCUT2D eigenvalue weighted by molar-refractivity contribution is -0.109. The van der Waals surface area contributed by atoms with Crippen LogP contribution in [0.2, 0.25) is 0 Å². The summed E-state index contributed by atoms with van der Waals surface area (Å²) in [5, 5.41) is 1.24. The zero-order valence-corrected chi connectivity index (χ0v) is 16.2. The van der Waals surface area contributed by atoms with E-state index in [1.54, 1.807) is 6.92 Å². The van der Waals surface area contributed by atoms with Crippen LogP contribution in [-0.4, -0.2) is 34.2 Å². The van der Waals surface area contributed by atoms with Gasteiger partial charge in [0.2, 0.25) is 0 Å². The number of hydrogen-bond acceptors (Lipinski definition) is 4. The molecule has 1 N–H and O–H groups in total. The average Bonchev–Trinajstić information content (AvgIpc) is 3.06. The van der Waals surface area contributed by atoms with Crippen LogP contribution in [-0.2, 0) is 14.1 Å². The van der Waals surface area contributed by atoms with E-state index in [0.29, 0.717) is 5.75 Å². The molecule has 0 radical (unpaired) electrons. The van der Waals surface area contributed by atoms with Gasteiger partial charge in [0, 0.05) is 18.9 Å². The van der Waals surface area contributed by atoms with Gasteiger partial charge in [-0.15, -0.1) is 0 Å². The van der Waals surface area contributed by atoms with Gasteiger partial charge in [-0.1, -0.05) is 36.0 Å². The molecule has 0 unspecified atom stereocenters. The van der Waals surface area contributed by atoms with E-state index in [0.717, 1.165) is 21.9 Å². The number of thioether (sulfide) groups is 1. The molecule has 1 aliphatic rings. The Morgan fingerprint density at radius 1 is 1.20 bits per heavy atom. The minimum absolute atomic E-state index is 0.0838. The first-order valence-corrected chi connectivity index (χ1v) is 9.44. The predicted molar refractivity (Wildman–Crippen MR) is 105 cm³/mol. The summed E-state index contributed by atoms with van der Waals surface area (Å²) < 4.78 is 12.4. The quantitative estimate of drug-likeness (QED) is 0.821. The molecule has 2 heterocycles. The first-order chi connectivity index (χ1) is 11.7. The second kappa shape index (κ2) is 6.67. The van der Waals surface area contributed by atoms with Crippen LogP contribution in [0.15, 0.2) is 35.9 Å². The predicted octanol–water partition coefficient (Wildman–Crippen LogP) is 4.46. The zero-order chi connectivity index (χ0) is 18.2. The standard InChI is InChI=1S/C19H24BNO3S/c1-13(22)25-12-16(20-23-18(2,3)19(4,5)24-20)11-15-8-6-7-14-9-10-21-17(14)15/h6-11,21H,12H2,1-5H3. The van der Waals surface area contributed by atoms with Crippen LogP contribution in [0.25, 0.3) is 17.0 Å². The summed E-state index contributed by atoms with van der Waals surface area (Å²) in [6, 6.07) is 8.21. The van der Waals surface area contributed by atoms with Crippen molar-refractivity contribution in [1.29, 1.82) is 0 Å². The molecule has 3 rings (SSSR count). The van der Waals surface area contributed by atoms with Crippen LogP contribution in [0, 0.1) is 0 Å². The van der Waals surface area contributed by atoms with Crippen molar-refractivity contribution in [3.8, 4) is 0 Å². The minimum Gasteiger partial charge on any atom is -0.400 e. The van der Waals surface area contributed by atoms with Crippen molar-refractivity contribution in [2.45, 2.75) is 45.8 Å². The van der Waals surface area contributed by atoms with Crippen molar-refractivity contribution in [2.75, 3.05) is 5.75 Å². The molecule has 1 aliphatic heterocycles. The van der Waals surface area contributed by atoms with Gasteiger partial charge in [0.1, 0.15) is 0 Å². The van der Waals surface area contributed by atoms with Gasteiger partial charge in [0.05, 0.1) is 16.7 Å². The zero-order valence-electron chi connectivity index (χ0n) is 15.4. The first kappa shape index (κ1) is 18.3. The molecule has 25 heavy (non-hydrogen) atoms. The van der Waals surface area contributed by atoms with Crippen molar-refractivity contribution >= 4 is 41.0 Å². The van der Waals surface area contributed by atoms with Gasteiger partial charge in [-0.25, -0.2) is 0 Å². The third-order valence-electron chi connectivity index (χ3n) is 4.96. The highest BCUT2D eigenvalue weighted by Crippen LogP contribution is 2.39. The lowest BCUT2D eigenvalue weighted by atomic mass is 9.78. The molecule has 6 heteroatoms. The van der Waals surface area contributed by atoms with Gasteiger partial charge in [-0.2, -0.15) is 0 Å². The van der Waals surface area contributed by atoms with Crippen LogP contribution < -0.4 is 0 Å². The SMILES string of the molecule is CC(=O)SCC(=Cc1cccc2cc[nH]c12)B1OC(C)(C)C(C)(C)O1. The number of nitrogens with one attached hydrogen (secondary N) is 1. The molecule has 0 aliphatic carbocycles. The Labute approximate surface area is 153 Å². The fraction of sp³-hybridized carbons (Fsp3) is 0.421. The van der Waals surface area contributed by atoms with Crippen molar-refractivity contribution in [3.05, 3.63) is 41.5 Å². The smallest absolute Gasteiger partial charge is 0.400 e. The van der Waals surface area contributed by atoms with Gasteiger partial charge in [-0.3, -0.25) is 4.79 Å². The fourth-order valence-electron chi connectivity index (χ4n) is 2.79. The Balaban J connectivity index is 1.98. The molecular formula is C19H24BNO3S. The molecular weight excluding hydrogens is 333 g/mol. The molecule has 1 aromatic heterocycles. The van der Waals surface area contributed by atoms with Gasteiger partial charge in [0.25, 0.3) is 0 Å². The molecule has 0 amide bonds. The van der Waals surface area contributed by atoms with Gasteiger partial charge >= 0.3 is 7.12 Å². The van der Waals surface area contributed by atoms with Gasteiger partial charge < -0.3 is 14.3 Å². The number of benzene rings is 1. The number of aromatic amines is 1. The lowest BCUT2D eigenvalue weighted by Crippen LogP contribution is -2.41. The third-order valence-corrected chi connectivity index (χ3v) is 5.84. The molecule has 0 spiro atoms. The summed E-state index contributed by atoms with van der Waals surface area (Å²) in [7, 11) is -0.456. The summed E-state index contributed by atoms with van der Waals surface area (Å²) in [5.41, 5.74) is 2.29. The Hall–Kier alpha value is -1.50. The summed E-state index contributed by atoms with van der Waals surface area (Å²) in [5.74, 6) is 0.545. The molecule has 1 saturated heterocycles. The number of hydrogen-bond donors (Lipinski definition) is 1. The molecule has 132 valence electrons. The van der Waals surface area contributed by atoms with Crippen LogP contribution in [0.1, 0.15) is 40.2 Å². The first-order valence-electron chi connectivity index (χ1n) is 8.45. The van der Waals surface area contributed by atoms with Crippen LogP contribution >= 0.6 is 11.8 Å². The topological polar surface area (TPSA) is 51.3 Å². The number of H-pyrrole nitrogens is 1. The van der Waals surface area contributed by atoms with Crippen molar-refractivity contribution in [1.82, 2.24) is 4.98 Å². The van der Waals surface area contributed by atoms with Gasteiger partial charge in [0.15, 0.2) is 5.12 Å². The number of fused-ring (bicyclic) bond motifs is 1. The molecule has 0 atom stereocenters. The van der Waals surface area contributed by atoms with Crippen LogP contribution in [0.4, 0.5) is 0 Å². The number of rotatable bonds is 4. The average molecular weight is 357 g/mol. The largest absolute Gasteiger partial charge is 0.491 e. The lowest BCUT2D eigenvalue weighted by Gasteiger charge is -2.32. The Kier molecular flexibility index (Phi) is 4.88. The van der Waals surface area contributed by atoms with Gasteiger partial charge in [-0.05, 0) is 50.2 Å².